The van der Waals surface area contributed by atoms with Gasteiger partial charge in [-0.05, 0) is 18.3 Å². The number of hydrogen-bond donors (Lipinski definition) is 2. The molecular weight excluding hydrogens is 262 g/mol. The Morgan fingerprint density at radius 2 is 1.85 bits per heavy atom. The molecule has 1 saturated carbocycles. The molecule has 0 atom stereocenters. The zero-order chi connectivity index (χ0) is 15.0. The number of aliphatic carboxylic acids is 1. The molecule has 2 N–H and O–H groups in total. The smallest absolute Gasteiger partial charge is 0.303 e. The predicted octanol–water partition coefficient (Wildman–Crippen LogP) is 0.879. The summed E-state index contributed by atoms with van der Waals surface area (Å²) >= 11 is 0. The molecule has 1 amide bonds. The molecular formula is C14H25NO5. The zero-order valence-corrected chi connectivity index (χ0v) is 12.1. The van der Waals surface area contributed by atoms with Gasteiger partial charge in [0.25, 0.3) is 0 Å². The third-order valence-electron chi connectivity index (χ3n) is 4.00. The van der Waals surface area contributed by atoms with Gasteiger partial charge in [0, 0.05) is 26.6 Å². The molecule has 0 heterocycles. The molecule has 20 heavy (non-hydrogen) atoms. The normalized spacial score (nSPS) is 17.1. The molecule has 0 aromatic rings. The second-order valence-corrected chi connectivity index (χ2v) is 5.55. The standard InChI is InChI=1S/C14H25NO5/c1-20-9-7-15(6-8-16)12(17)10-14(11-13(18)19)4-2-3-5-14/h16H,2-11H2,1H3,(H,18,19). The van der Waals surface area contributed by atoms with Crippen molar-refractivity contribution in [1.29, 1.82) is 0 Å². The van der Waals surface area contributed by atoms with Crippen molar-refractivity contribution >= 4 is 11.9 Å². The Balaban J connectivity index is 2.65. The van der Waals surface area contributed by atoms with Crippen LogP contribution >= 0.6 is 0 Å². The third kappa shape index (κ3) is 5.09. The minimum Gasteiger partial charge on any atom is -0.481 e. The van der Waals surface area contributed by atoms with Gasteiger partial charge in [0.05, 0.1) is 19.6 Å². The van der Waals surface area contributed by atoms with Crippen LogP contribution in [0.15, 0.2) is 0 Å². The molecule has 1 aliphatic rings. The Morgan fingerprint density at radius 3 is 2.35 bits per heavy atom. The maximum absolute atomic E-state index is 12.3. The molecule has 1 aliphatic carbocycles. The minimum absolute atomic E-state index is 0.0516. The number of nitrogens with zero attached hydrogens (tertiary/aromatic N) is 1. The van der Waals surface area contributed by atoms with Gasteiger partial charge in [0.2, 0.25) is 5.91 Å². The summed E-state index contributed by atoms with van der Waals surface area (Å²) in [6, 6.07) is 0. The summed E-state index contributed by atoms with van der Waals surface area (Å²) in [6.45, 7) is 1.02. The van der Waals surface area contributed by atoms with E-state index in [2.05, 4.69) is 0 Å². The van der Waals surface area contributed by atoms with Gasteiger partial charge in [-0.1, -0.05) is 12.8 Å². The maximum Gasteiger partial charge on any atom is 0.303 e. The van der Waals surface area contributed by atoms with E-state index in [4.69, 9.17) is 14.9 Å². The Morgan fingerprint density at radius 1 is 1.20 bits per heavy atom. The highest BCUT2D eigenvalue weighted by Crippen LogP contribution is 2.44. The average molecular weight is 287 g/mol. The third-order valence-corrected chi connectivity index (χ3v) is 4.00. The van der Waals surface area contributed by atoms with E-state index in [0.29, 0.717) is 13.2 Å². The quantitative estimate of drug-likeness (QED) is 0.657. The van der Waals surface area contributed by atoms with E-state index in [1.807, 2.05) is 0 Å². The van der Waals surface area contributed by atoms with Gasteiger partial charge < -0.3 is 19.8 Å². The first-order valence-corrected chi connectivity index (χ1v) is 7.12. The van der Waals surface area contributed by atoms with Gasteiger partial charge in [0.1, 0.15) is 0 Å². The van der Waals surface area contributed by atoms with Crippen molar-refractivity contribution in [2.24, 2.45) is 5.41 Å². The van der Waals surface area contributed by atoms with Crippen LogP contribution in [0.2, 0.25) is 0 Å². The summed E-state index contributed by atoms with van der Waals surface area (Å²) in [4.78, 5) is 24.9. The number of carbonyl (C=O) groups is 2. The lowest BCUT2D eigenvalue weighted by atomic mass is 9.79. The highest BCUT2D eigenvalue weighted by molar-refractivity contribution is 5.78. The number of carbonyl (C=O) groups excluding carboxylic acids is 1. The predicted molar refractivity (Wildman–Crippen MR) is 73.3 cm³/mol. The lowest BCUT2D eigenvalue weighted by Crippen LogP contribution is -2.39. The average Bonchev–Trinajstić information content (AvgIpc) is 2.81. The van der Waals surface area contributed by atoms with Crippen molar-refractivity contribution in [3.05, 3.63) is 0 Å². The summed E-state index contributed by atoms with van der Waals surface area (Å²) in [5.41, 5.74) is -0.399. The Labute approximate surface area is 119 Å². The van der Waals surface area contributed by atoms with Crippen molar-refractivity contribution in [2.75, 3.05) is 33.4 Å². The van der Waals surface area contributed by atoms with E-state index in [1.54, 1.807) is 12.0 Å². The number of hydrogen-bond acceptors (Lipinski definition) is 4. The second-order valence-electron chi connectivity index (χ2n) is 5.55. The van der Waals surface area contributed by atoms with Crippen LogP contribution in [0.3, 0.4) is 0 Å². The SMILES string of the molecule is COCCN(CCO)C(=O)CC1(CC(=O)O)CCCC1. The molecule has 0 spiro atoms. The molecule has 1 fully saturated rings. The van der Waals surface area contributed by atoms with E-state index in [1.165, 1.54) is 0 Å². The largest absolute Gasteiger partial charge is 0.481 e. The van der Waals surface area contributed by atoms with Crippen molar-refractivity contribution in [1.82, 2.24) is 4.90 Å². The summed E-state index contributed by atoms with van der Waals surface area (Å²) in [5, 5.41) is 18.1. The highest BCUT2D eigenvalue weighted by Gasteiger charge is 2.38. The fourth-order valence-corrected chi connectivity index (χ4v) is 2.98. The first kappa shape index (κ1) is 16.9. The van der Waals surface area contributed by atoms with Crippen LogP contribution in [0.1, 0.15) is 38.5 Å². The molecule has 0 aromatic carbocycles. The Hall–Kier alpha value is -1.14. The van der Waals surface area contributed by atoms with Gasteiger partial charge in [-0.3, -0.25) is 9.59 Å². The maximum atomic E-state index is 12.3. The summed E-state index contributed by atoms with van der Waals surface area (Å²) in [6.07, 6.45) is 3.86. The highest BCUT2D eigenvalue weighted by atomic mass is 16.5. The summed E-state index contributed by atoms with van der Waals surface area (Å²) in [7, 11) is 1.56. The molecule has 0 saturated heterocycles. The molecule has 0 aliphatic heterocycles. The molecule has 0 unspecified atom stereocenters. The molecule has 6 nitrogen and oxygen atoms in total. The number of aliphatic hydroxyl groups excluding tert-OH is 1. The summed E-state index contributed by atoms with van der Waals surface area (Å²) < 4.78 is 4.96. The van der Waals surface area contributed by atoms with E-state index < -0.39 is 11.4 Å². The topological polar surface area (TPSA) is 87.1 Å². The number of methoxy groups -OCH3 is 1. The fraction of sp³-hybridized carbons (Fsp3) is 0.857. The van der Waals surface area contributed by atoms with Crippen LogP contribution in [0.25, 0.3) is 0 Å². The second kappa shape index (κ2) is 8.21. The van der Waals surface area contributed by atoms with Gasteiger partial charge in [-0.25, -0.2) is 0 Å². The van der Waals surface area contributed by atoms with Crippen LogP contribution in [0, 0.1) is 5.41 Å². The van der Waals surface area contributed by atoms with Gasteiger partial charge >= 0.3 is 5.97 Å². The van der Waals surface area contributed by atoms with Crippen LogP contribution in [0.4, 0.5) is 0 Å². The monoisotopic (exact) mass is 287 g/mol. The number of ether oxygens (including phenoxy) is 1. The van der Waals surface area contributed by atoms with Crippen LogP contribution in [-0.2, 0) is 14.3 Å². The number of amides is 1. The first-order valence-electron chi connectivity index (χ1n) is 7.12. The van der Waals surface area contributed by atoms with Crippen LogP contribution < -0.4 is 0 Å². The number of carboxylic acid groups (broad SMARTS) is 1. The minimum atomic E-state index is -0.842. The molecule has 1 rings (SSSR count). The first-order chi connectivity index (χ1) is 9.53. The van der Waals surface area contributed by atoms with Crippen LogP contribution in [0.5, 0.6) is 0 Å². The van der Waals surface area contributed by atoms with E-state index in [-0.39, 0.29) is 31.9 Å². The molecule has 6 heteroatoms. The van der Waals surface area contributed by atoms with Crippen molar-refractivity contribution < 1.29 is 24.5 Å². The number of aliphatic hydroxyl groups is 1. The Kier molecular flexibility index (Phi) is 6.95. The van der Waals surface area contributed by atoms with Crippen molar-refractivity contribution in [3.63, 3.8) is 0 Å². The summed E-state index contributed by atoms with van der Waals surface area (Å²) in [5.74, 6) is -0.926. The van der Waals surface area contributed by atoms with Crippen molar-refractivity contribution in [2.45, 2.75) is 38.5 Å². The number of carboxylic acids is 1. The fourth-order valence-electron chi connectivity index (χ4n) is 2.98. The molecule has 116 valence electrons. The van der Waals surface area contributed by atoms with E-state index >= 15 is 0 Å². The van der Waals surface area contributed by atoms with Gasteiger partial charge in [-0.2, -0.15) is 0 Å². The lowest BCUT2D eigenvalue weighted by Gasteiger charge is -2.30. The zero-order valence-electron chi connectivity index (χ0n) is 12.1. The van der Waals surface area contributed by atoms with Gasteiger partial charge in [-0.15, -0.1) is 0 Å². The van der Waals surface area contributed by atoms with Crippen LogP contribution in [-0.4, -0.2) is 60.4 Å². The van der Waals surface area contributed by atoms with Gasteiger partial charge in [0.15, 0.2) is 0 Å². The molecule has 0 bridgehead atoms. The lowest BCUT2D eigenvalue weighted by molar-refractivity contribution is -0.141. The van der Waals surface area contributed by atoms with Crippen molar-refractivity contribution in [3.8, 4) is 0 Å². The molecule has 0 aromatic heterocycles. The Bertz CT molecular complexity index is 326. The number of rotatable bonds is 9. The molecule has 0 radical (unpaired) electrons. The van der Waals surface area contributed by atoms with E-state index in [9.17, 15) is 9.59 Å². The van der Waals surface area contributed by atoms with E-state index in [0.717, 1.165) is 25.7 Å².